The summed E-state index contributed by atoms with van der Waals surface area (Å²) < 4.78 is 0. The second-order valence-electron chi connectivity index (χ2n) is 5.14. The molecule has 1 heterocycles. The standard InChI is InChI=1S/C15H21N3O2/c1-11(19)18-14-6-4-12(5-7-14)9-17-15(20)13-3-2-8-16-10-13/h4-7,13,16H,2-3,8-10H2,1H3,(H,17,20)(H,18,19)/t13-/m0/s1. The van der Waals surface area contributed by atoms with Crippen LogP contribution in [0.15, 0.2) is 24.3 Å². The number of amides is 2. The summed E-state index contributed by atoms with van der Waals surface area (Å²) in [5, 5.41) is 8.92. The van der Waals surface area contributed by atoms with E-state index in [0.29, 0.717) is 6.54 Å². The molecule has 3 N–H and O–H groups in total. The maximum Gasteiger partial charge on any atom is 0.224 e. The van der Waals surface area contributed by atoms with Gasteiger partial charge in [0.2, 0.25) is 11.8 Å². The molecule has 0 bridgehead atoms. The van der Waals surface area contributed by atoms with Crippen molar-refractivity contribution in [2.75, 3.05) is 18.4 Å². The quantitative estimate of drug-likeness (QED) is 0.775. The minimum Gasteiger partial charge on any atom is -0.352 e. The Kier molecular flexibility index (Phi) is 5.12. The van der Waals surface area contributed by atoms with E-state index in [1.165, 1.54) is 6.92 Å². The summed E-state index contributed by atoms with van der Waals surface area (Å²) in [7, 11) is 0. The number of nitrogens with one attached hydrogen (secondary N) is 3. The fraction of sp³-hybridized carbons (Fsp3) is 0.467. The number of benzene rings is 1. The van der Waals surface area contributed by atoms with Crippen molar-refractivity contribution in [3.05, 3.63) is 29.8 Å². The Hall–Kier alpha value is -1.88. The molecule has 0 radical (unpaired) electrons. The molecule has 0 aliphatic carbocycles. The first kappa shape index (κ1) is 14.5. The number of carbonyl (C=O) groups excluding carboxylic acids is 2. The molecule has 5 heteroatoms. The number of anilines is 1. The molecule has 1 aromatic rings. The van der Waals surface area contributed by atoms with Gasteiger partial charge in [-0.15, -0.1) is 0 Å². The first-order chi connectivity index (χ1) is 9.65. The van der Waals surface area contributed by atoms with Gasteiger partial charge in [-0.1, -0.05) is 12.1 Å². The van der Waals surface area contributed by atoms with Crippen molar-refractivity contribution in [2.24, 2.45) is 5.92 Å². The highest BCUT2D eigenvalue weighted by molar-refractivity contribution is 5.88. The van der Waals surface area contributed by atoms with Crippen LogP contribution in [0.4, 0.5) is 5.69 Å². The zero-order valence-corrected chi connectivity index (χ0v) is 11.7. The zero-order valence-electron chi connectivity index (χ0n) is 11.7. The summed E-state index contributed by atoms with van der Waals surface area (Å²) in [6, 6.07) is 7.49. The van der Waals surface area contributed by atoms with E-state index in [1.54, 1.807) is 0 Å². The summed E-state index contributed by atoms with van der Waals surface area (Å²) in [6.45, 7) is 3.78. The number of carbonyl (C=O) groups is 2. The molecule has 1 atom stereocenters. The van der Waals surface area contributed by atoms with Crippen LogP contribution in [0.5, 0.6) is 0 Å². The molecular weight excluding hydrogens is 254 g/mol. The van der Waals surface area contributed by atoms with Crippen LogP contribution in [-0.2, 0) is 16.1 Å². The molecular formula is C15H21N3O2. The first-order valence-corrected chi connectivity index (χ1v) is 7.00. The number of hydrogen-bond acceptors (Lipinski definition) is 3. The molecule has 108 valence electrons. The molecule has 0 unspecified atom stereocenters. The highest BCUT2D eigenvalue weighted by Crippen LogP contribution is 2.12. The Labute approximate surface area is 119 Å². The van der Waals surface area contributed by atoms with Gasteiger partial charge in [0.1, 0.15) is 0 Å². The van der Waals surface area contributed by atoms with Crippen LogP contribution < -0.4 is 16.0 Å². The lowest BCUT2D eigenvalue weighted by Crippen LogP contribution is -2.40. The van der Waals surface area contributed by atoms with E-state index in [2.05, 4.69) is 16.0 Å². The molecule has 0 aromatic heterocycles. The molecule has 0 spiro atoms. The Balaban J connectivity index is 1.81. The SMILES string of the molecule is CC(=O)Nc1ccc(CNC(=O)[C@H]2CCCNC2)cc1. The minimum atomic E-state index is -0.0872. The van der Waals surface area contributed by atoms with E-state index >= 15 is 0 Å². The zero-order chi connectivity index (χ0) is 14.4. The maximum absolute atomic E-state index is 12.0. The third kappa shape index (κ3) is 4.35. The fourth-order valence-electron chi connectivity index (χ4n) is 2.32. The molecule has 1 aliphatic heterocycles. The third-order valence-electron chi connectivity index (χ3n) is 3.41. The third-order valence-corrected chi connectivity index (χ3v) is 3.41. The lowest BCUT2D eigenvalue weighted by Gasteiger charge is -2.21. The first-order valence-electron chi connectivity index (χ1n) is 7.00. The van der Waals surface area contributed by atoms with Crippen molar-refractivity contribution in [3.8, 4) is 0 Å². The second kappa shape index (κ2) is 7.05. The Bertz CT molecular complexity index is 465. The van der Waals surface area contributed by atoms with Gasteiger partial charge in [0, 0.05) is 25.7 Å². The lowest BCUT2D eigenvalue weighted by molar-refractivity contribution is -0.125. The Morgan fingerprint density at radius 3 is 2.65 bits per heavy atom. The summed E-state index contributed by atoms with van der Waals surface area (Å²) >= 11 is 0. The molecule has 2 amide bonds. The van der Waals surface area contributed by atoms with Crippen molar-refractivity contribution in [1.82, 2.24) is 10.6 Å². The highest BCUT2D eigenvalue weighted by Gasteiger charge is 2.20. The predicted octanol–water partition coefficient (Wildman–Crippen LogP) is 1.26. The van der Waals surface area contributed by atoms with Crippen molar-refractivity contribution < 1.29 is 9.59 Å². The molecule has 2 rings (SSSR count). The van der Waals surface area contributed by atoms with Crippen LogP contribution >= 0.6 is 0 Å². The van der Waals surface area contributed by atoms with E-state index < -0.39 is 0 Å². The molecule has 5 nitrogen and oxygen atoms in total. The summed E-state index contributed by atoms with van der Waals surface area (Å²) in [4.78, 5) is 22.9. The number of piperidine rings is 1. The monoisotopic (exact) mass is 275 g/mol. The average Bonchev–Trinajstić information content (AvgIpc) is 2.46. The summed E-state index contributed by atoms with van der Waals surface area (Å²) in [6.07, 6.45) is 2.02. The average molecular weight is 275 g/mol. The smallest absolute Gasteiger partial charge is 0.224 e. The van der Waals surface area contributed by atoms with E-state index in [4.69, 9.17) is 0 Å². The molecule has 1 saturated heterocycles. The van der Waals surface area contributed by atoms with Crippen LogP contribution in [-0.4, -0.2) is 24.9 Å². The molecule has 1 aromatic carbocycles. The minimum absolute atomic E-state index is 0.0856. The number of rotatable bonds is 4. The lowest BCUT2D eigenvalue weighted by atomic mass is 9.99. The van der Waals surface area contributed by atoms with Crippen molar-refractivity contribution >= 4 is 17.5 Å². The van der Waals surface area contributed by atoms with Gasteiger partial charge in [-0.25, -0.2) is 0 Å². The Morgan fingerprint density at radius 2 is 2.05 bits per heavy atom. The molecule has 0 saturated carbocycles. The number of hydrogen-bond donors (Lipinski definition) is 3. The van der Waals surface area contributed by atoms with Crippen LogP contribution in [0, 0.1) is 5.92 Å². The van der Waals surface area contributed by atoms with E-state index in [-0.39, 0.29) is 17.7 Å². The van der Waals surface area contributed by atoms with Gasteiger partial charge in [-0.3, -0.25) is 9.59 Å². The van der Waals surface area contributed by atoms with Gasteiger partial charge >= 0.3 is 0 Å². The Morgan fingerprint density at radius 1 is 1.30 bits per heavy atom. The van der Waals surface area contributed by atoms with Gasteiger partial charge in [0.25, 0.3) is 0 Å². The predicted molar refractivity (Wildman–Crippen MR) is 78.2 cm³/mol. The summed E-state index contributed by atoms with van der Waals surface area (Å²) in [5.41, 5.74) is 1.79. The topological polar surface area (TPSA) is 70.2 Å². The van der Waals surface area contributed by atoms with Crippen LogP contribution in [0.1, 0.15) is 25.3 Å². The summed E-state index contributed by atoms with van der Waals surface area (Å²) in [5.74, 6) is 0.112. The van der Waals surface area contributed by atoms with E-state index in [9.17, 15) is 9.59 Å². The maximum atomic E-state index is 12.0. The van der Waals surface area contributed by atoms with Gasteiger partial charge in [-0.2, -0.15) is 0 Å². The van der Waals surface area contributed by atoms with Gasteiger partial charge in [-0.05, 0) is 37.1 Å². The second-order valence-corrected chi connectivity index (χ2v) is 5.14. The van der Waals surface area contributed by atoms with Gasteiger partial charge in [0.05, 0.1) is 5.92 Å². The van der Waals surface area contributed by atoms with E-state index in [1.807, 2.05) is 24.3 Å². The van der Waals surface area contributed by atoms with Crippen molar-refractivity contribution in [1.29, 1.82) is 0 Å². The van der Waals surface area contributed by atoms with Crippen LogP contribution in [0.25, 0.3) is 0 Å². The molecule has 1 fully saturated rings. The van der Waals surface area contributed by atoms with Crippen LogP contribution in [0.2, 0.25) is 0 Å². The van der Waals surface area contributed by atoms with Crippen molar-refractivity contribution in [3.63, 3.8) is 0 Å². The van der Waals surface area contributed by atoms with E-state index in [0.717, 1.165) is 37.2 Å². The largest absolute Gasteiger partial charge is 0.352 e. The normalized spacial score (nSPS) is 18.4. The molecule has 20 heavy (non-hydrogen) atoms. The van der Waals surface area contributed by atoms with Gasteiger partial charge < -0.3 is 16.0 Å². The fourth-order valence-corrected chi connectivity index (χ4v) is 2.32. The van der Waals surface area contributed by atoms with Crippen LogP contribution in [0.3, 0.4) is 0 Å². The molecule has 1 aliphatic rings. The van der Waals surface area contributed by atoms with Gasteiger partial charge in [0.15, 0.2) is 0 Å². The highest BCUT2D eigenvalue weighted by atomic mass is 16.2. The van der Waals surface area contributed by atoms with Crippen molar-refractivity contribution in [2.45, 2.75) is 26.3 Å².